The van der Waals surface area contributed by atoms with Crippen molar-refractivity contribution in [1.82, 2.24) is 4.90 Å². The minimum atomic E-state index is -0.785. The van der Waals surface area contributed by atoms with Gasteiger partial charge in [0.2, 0.25) is 0 Å². The minimum absolute atomic E-state index is 0.155. The van der Waals surface area contributed by atoms with Crippen molar-refractivity contribution < 1.29 is 15.0 Å². The van der Waals surface area contributed by atoms with Crippen LogP contribution in [0.5, 0.6) is 0 Å². The molecular weight excluding hydrogens is 238 g/mol. The molecular formula is C12H17NO3S. The van der Waals surface area contributed by atoms with E-state index in [4.69, 9.17) is 5.11 Å². The maximum atomic E-state index is 11.1. The van der Waals surface area contributed by atoms with Crippen LogP contribution in [0.4, 0.5) is 0 Å². The Hall–Kier alpha value is -0.910. The lowest BCUT2D eigenvalue weighted by atomic mass is 10.1. The van der Waals surface area contributed by atoms with E-state index < -0.39 is 18.1 Å². The van der Waals surface area contributed by atoms with Crippen LogP contribution >= 0.6 is 11.3 Å². The van der Waals surface area contributed by atoms with Crippen molar-refractivity contribution in [3.63, 3.8) is 0 Å². The highest BCUT2D eigenvalue weighted by molar-refractivity contribution is 7.10. The SMILES string of the molecule is CC(C(O)c1cccs1)N1CCCC1C(=O)O. The predicted molar refractivity (Wildman–Crippen MR) is 66.1 cm³/mol. The molecule has 1 aliphatic rings. The van der Waals surface area contributed by atoms with Crippen molar-refractivity contribution in [1.29, 1.82) is 0 Å². The van der Waals surface area contributed by atoms with Crippen LogP contribution in [0.3, 0.4) is 0 Å². The Morgan fingerprint density at radius 3 is 3.00 bits per heavy atom. The molecule has 3 unspecified atom stereocenters. The van der Waals surface area contributed by atoms with Crippen LogP contribution in [0.2, 0.25) is 0 Å². The maximum absolute atomic E-state index is 11.1. The number of carbonyl (C=O) groups is 1. The second-order valence-electron chi connectivity index (χ2n) is 4.43. The van der Waals surface area contributed by atoms with Gasteiger partial charge in [-0.1, -0.05) is 6.07 Å². The highest BCUT2D eigenvalue weighted by atomic mass is 32.1. The first-order chi connectivity index (χ1) is 8.11. The number of carboxylic acids is 1. The first kappa shape index (κ1) is 12.5. The van der Waals surface area contributed by atoms with E-state index in [0.29, 0.717) is 6.42 Å². The van der Waals surface area contributed by atoms with Gasteiger partial charge in [0.25, 0.3) is 0 Å². The molecule has 2 rings (SSSR count). The summed E-state index contributed by atoms with van der Waals surface area (Å²) >= 11 is 1.50. The number of thiophene rings is 1. The molecule has 0 aliphatic carbocycles. The van der Waals surface area contributed by atoms with Crippen molar-refractivity contribution in [2.24, 2.45) is 0 Å². The number of aliphatic carboxylic acids is 1. The molecule has 1 aliphatic heterocycles. The lowest BCUT2D eigenvalue weighted by Crippen LogP contribution is -2.44. The predicted octanol–water partition coefficient (Wildman–Crippen LogP) is 1.72. The van der Waals surface area contributed by atoms with E-state index in [0.717, 1.165) is 17.8 Å². The van der Waals surface area contributed by atoms with Gasteiger partial charge in [-0.2, -0.15) is 0 Å². The van der Waals surface area contributed by atoms with Gasteiger partial charge in [-0.25, -0.2) is 0 Å². The van der Waals surface area contributed by atoms with Gasteiger partial charge in [-0.05, 0) is 37.8 Å². The smallest absolute Gasteiger partial charge is 0.320 e. The highest BCUT2D eigenvalue weighted by Gasteiger charge is 2.36. The van der Waals surface area contributed by atoms with E-state index >= 15 is 0 Å². The molecule has 3 atom stereocenters. The van der Waals surface area contributed by atoms with Gasteiger partial charge in [0.05, 0.1) is 0 Å². The van der Waals surface area contributed by atoms with Crippen molar-refractivity contribution in [2.45, 2.75) is 38.0 Å². The fourth-order valence-corrected chi connectivity index (χ4v) is 3.23. The summed E-state index contributed by atoms with van der Waals surface area (Å²) in [5.41, 5.74) is 0. The molecule has 0 aromatic carbocycles. The average molecular weight is 255 g/mol. The van der Waals surface area contributed by atoms with Crippen LogP contribution in [0.15, 0.2) is 17.5 Å². The average Bonchev–Trinajstić information content (AvgIpc) is 2.97. The van der Waals surface area contributed by atoms with Crippen LogP contribution in [0, 0.1) is 0 Å². The molecule has 0 saturated carbocycles. The number of carboxylic acid groups (broad SMARTS) is 1. The monoisotopic (exact) mass is 255 g/mol. The van der Waals surface area contributed by atoms with E-state index in [1.54, 1.807) is 0 Å². The number of likely N-dealkylation sites (tertiary alicyclic amines) is 1. The quantitative estimate of drug-likeness (QED) is 0.860. The fourth-order valence-electron chi connectivity index (χ4n) is 2.42. The molecule has 4 nitrogen and oxygen atoms in total. The molecule has 2 heterocycles. The first-order valence-electron chi connectivity index (χ1n) is 5.81. The van der Waals surface area contributed by atoms with Gasteiger partial charge in [-0.3, -0.25) is 9.69 Å². The summed E-state index contributed by atoms with van der Waals surface area (Å²) < 4.78 is 0. The van der Waals surface area contributed by atoms with Crippen molar-refractivity contribution >= 4 is 17.3 Å². The normalized spacial score (nSPS) is 24.7. The number of rotatable bonds is 4. The van der Waals surface area contributed by atoms with E-state index in [2.05, 4.69) is 0 Å². The molecule has 1 aromatic heterocycles. The molecule has 1 saturated heterocycles. The number of nitrogens with zero attached hydrogens (tertiary/aromatic N) is 1. The third-order valence-electron chi connectivity index (χ3n) is 3.39. The molecule has 1 fully saturated rings. The molecule has 5 heteroatoms. The summed E-state index contributed by atoms with van der Waals surface area (Å²) in [7, 11) is 0. The molecule has 2 N–H and O–H groups in total. The number of hydrogen-bond acceptors (Lipinski definition) is 4. The topological polar surface area (TPSA) is 60.8 Å². The zero-order valence-electron chi connectivity index (χ0n) is 9.74. The van der Waals surface area contributed by atoms with E-state index in [1.165, 1.54) is 11.3 Å². The summed E-state index contributed by atoms with van der Waals surface area (Å²) in [5, 5.41) is 21.3. The van der Waals surface area contributed by atoms with E-state index in [1.807, 2.05) is 29.3 Å². The standard InChI is InChI=1S/C12H17NO3S/c1-8(11(14)10-5-3-7-17-10)13-6-2-4-9(13)12(15)16/h3,5,7-9,11,14H,2,4,6H2,1H3,(H,15,16). The lowest BCUT2D eigenvalue weighted by molar-refractivity contribution is -0.143. The largest absolute Gasteiger partial charge is 0.480 e. The van der Waals surface area contributed by atoms with Crippen molar-refractivity contribution in [2.75, 3.05) is 6.54 Å². The van der Waals surface area contributed by atoms with Gasteiger partial charge in [0.1, 0.15) is 12.1 Å². The van der Waals surface area contributed by atoms with E-state index in [-0.39, 0.29) is 6.04 Å². The third-order valence-corrected chi connectivity index (χ3v) is 4.34. The Labute approximate surface area is 104 Å². The summed E-state index contributed by atoms with van der Waals surface area (Å²) in [6.45, 7) is 2.65. The van der Waals surface area contributed by atoms with Crippen LogP contribution in [-0.4, -0.2) is 39.7 Å². The van der Waals surface area contributed by atoms with Crippen molar-refractivity contribution in [3.8, 4) is 0 Å². The highest BCUT2D eigenvalue weighted by Crippen LogP contribution is 2.29. The van der Waals surface area contributed by atoms with Gasteiger partial charge < -0.3 is 10.2 Å². The number of hydrogen-bond donors (Lipinski definition) is 2. The molecule has 17 heavy (non-hydrogen) atoms. The molecule has 0 bridgehead atoms. The summed E-state index contributed by atoms with van der Waals surface area (Å²) in [4.78, 5) is 13.9. The van der Waals surface area contributed by atoms with Crippen molar-refractivity contribution in [3.05, 3.63) is 22.4 Å². The summed E-state index contributed by atoms with van der Waals surface area (Å²) in [5.74, 6) is -0.785. The Balaban J connectivity index is 2.09. The zero-order valence-corrected chi connectivity index (χ0v) is 10.6. The number of aliphatic hydroxyl groups is 1. The molecule has 0 amide bonds. The summed E-state index contributed by atoms with van der Waals surface area (Å²) in [6, 6.07) is 3.18. The molecule has 0 radical (unpaired) electrons. The Morgan fingerprint density at radius 1 is 1.65 bits per heavy atom. The Kier molecular flexibility index (Phi) is 3.81. The van der Waals surface area contributed by atoms with Crippen LogP contribution in [0.1, 0.15) is 30.7 Å². The van der Waals surface area contributed by atoms with Gasteiger partial charge in [0, 0.05) is 10.9 Å². The second kappa shape index (κ2) is 5.16. The van der Waals surface area contributed by atoms with Crippen LogP contribution in [0.25, 0.3) is 0 Å². The van der Waals surface area contributed by atoms with Gasteiger partial charge in [0.15, 0.2) is 0 Å². The zero-order chi connectivity index (χ0) is 12.4. The van der Waals surface area contributed by atoms with Crippen LogP contribution < -0.4 is 0 Å². The minimum Gasteiger partial charge on any atom is -0.480 e. The van der Waals surface area contributed by atoms with E-state index in [9.17, 15) is 9.90 Å². The molecule has 94 valence electrons. The Morgan fingerprint density at radius 2 is 2.41 bits per heavy atom. The first-order valence-corrected chi connectivity index (χ1v) is 6.69. The second-order valence-corrected chi connectivity index (χ2v) is 5.41. The molecule has 1 aromatic rings. The summed E-state index contributed by atoms with van der Waals surface area (Å²) in [6.07, 6.45) is 0.963. The third kappa shape index (κ3) is 2.51. The maximum Gasteiger partial charge on any atom is 0.320 e. The molecule has 0 spiro atoms. The number of aliphatic hydroxyl groups excluding tert-OH is 1. The lowest BCUT2D eigenvalue weighted by Gasteiger charge is -2.31. The van der Waals surface area contributed by atoms with Gasteiger partial charge in [-0.15, -0.1) is 11.3 Å². The fraction of sp³-hybridized carbons (Fsp3) is 0.583. The van der Waals surface area contributed by atoms with Gasteiger partial charge >= 0.3 is 5.97 Å². The van der Waals surface area contributed by atoms with Crippen LogP contribution in [-0.2, 0) is 4.79 Å². The Bertz CT molecular complexity index is 379.